The number of allylic oxidation sites excluding steroid dienone is 4. The topological polar surface area (TPSA) is 0 Å². The van der Waals surface area contributed by atoms with E-state index in [-0.39, 0.29) is 0 Å². The lowest BCUT2D eigenvalue weighted by Gasteiger charge is -2.32. The van der Waals surface area contributed by atoms with Crippen LogP contribution in [0.2, 0.25) is 0 Å². The highest BCUT2D eigenvalue weighted by Crippen LogP contribution is 2.46. The maximum absolute atomic E-state index is 2.71. The van der Waals surface area contributed by atoms with Gasteiger partial charge in [-0.1, -0.05) is 103 Å². The predicted octanol–water partition coefficient (Wildman–Crippen LogP) is 7.95. The van der Waals surface area contributed by atoms with Gasteiger partial charge < -0.3 is 0 Å². The summed E-state index contributed by atoms with van der Waals surface area (Å²) in [4.78, 5) is 0. The molecular formula is C20H34I2. The molecule has 1 aliphatic carbocycles. The number of rotatable bonds is 8. The van der Waals surface area contributed by atoms with Gasteiger partial charge in [0.2, 0.25) is 0 Å². The summed E-state index contributed by atoms with van der Waals surface area (Å²) in [6.45, 7) is 11.7. The van der Waals surface area contributed by atoms with E-state index in [1.807, 2.05) is 0 Å². The molecule has 0 nitrogen and oxygen atoms in total. The van der Waals surface area contributed by atoms with Crippen LogP contribution in [0.1, 0.15) is 73.1 Å². The van der Waals surface area contributed by atoms with Crippen LogP contribution in [0.15, 0.2) is 23.8 Å². The molecule has 0 radical (unpaired) electrons. The average Bonchev–Trinajstić information content (AvgIpc) is 2.45. The van der Waals surface area contributed by atoms with E-state index in [9.17, 15) is 0 Å². The molecule has 2 heteroatoms. The Balaban J connectivity index is 2.60. The van der Waals surface area contributed by atoms with Gasteiger partial charge in [0.25, 0.3) is 0 Å². The molecule has 3 atom stereocenters. The molecule has 0 aromatic carbocycles. The third kappa shape index (κ3) is 6.82. The van der Waals surface area contributed by atoms with Gasteiger partial charge in [0.15, 0.2) is 0 Å². The zero-order valence-corrected chi connectivity index (χ0v) is 19.4. The van der Waals surface area contributed by atoms with E-state index in [2.05, 4.69) is 98.0 Å². The van der Waals surface area contributed by atoms with Gasteiger partial charge in [0.05, 0.1) is 1.43 Å². The molecule has 22 heavy (non-hydrogen) atoms. The first kappa shape index (κ1) is 21.0. The molecular weight excluding hydrogens is 494 g/mol. The van der Waals surface area contributed by atoms with E-state index in [0.29, 0.717) is 1.43 Å². The second-order valence-corrected chi connectivity index (χ2v) is 13.4. The van der Waals surface area contributed by atoms with Gasteiger partial charge in [-0.15, -0.1) is 0 Å². The Morgan fingerprint density at radius 3 is 2.50 bits per heavy atom. The third-order valence-corrected chi connectivity index (χ3v) is 8.00. The van der Waals surface area contributed by atoms with Gasteiger partial charge in [-0.25, -0.2) is 0 Å². The van der Waals surface area contributed by atoms with Gasteiger partial charge in [0, 0.05) is 0 Å². The van der Waals surface area contributed by atoms with Gasteiger partial charge in [-0.2, -0.15) is 0 Å². The van der Waals surface area contributed by atoms with Crippen molar-refractivity contribution in [1.82, 2.24) is 0 Å². The van der Waals surface area contributed by atoms with Crippen molar-refractivity contribution in [1.29, 1.82) is 0 Å². The molecule has 0 saturated carbocycles. The number of halogens is 2. The second-order valence-electron chi connectivity index (χ2n) is 7.47. The maximum Gasteiger partial charge on any atom is 0.0799 e. The Kier molecular flexibility index (Phi) is 9.59. The SMILES string of the molecule is CCC[C@H](/C=C\CC(I)(I)[C@H]1CC=C(C)CC1)C(C)C(C)C. The van der Waals surface area contributed by atoms with E-state index >= 15 is 0 Å². The molecule has 0 aromatic heterocycles. The minimum atomic E-state index is 0.376. The Morgan fingerprint density at radius 2 is 2.00 bits per heavy atom. The monoisotopic (exact) mass is 528 g/mol. The van der Waals surface area contributed by atoms with Crippen LogP contribution in [-0.2, 0) is 0 Å². The molecule has 128 valence electrons. The van der Waals surface area contributed by atoms with E-state index in [4.69, 9.17) is 0 Å². The molecule has 1 rings (SSSR count). The highest BCUT2D eigenvalue weighted by molar-refractivity contribution is 14.2. The van der Waals surface area contributed by atoms with E-state index in [0.717, 1.165) is 23.7 Å². The van der Waals surface area contributed by atoms with Gasteiger partial charge >= 0.3 is 0 Å². The fraction of sp³-hybridized carbons (Fsp3) is 0.800. The van der Waals surface area contributed by atoms with E-state index < -0.39 is 0 Å². The number of hydrogen-bond donors (Lipinski definition) is 0. The first-order valence-electron chi connectivity index (χ1n) is 8.98. The first-order chi connectivity index (χ1) is 10.3. The summed E-state index contributed by atoms with van der Waals surface area (Å²) in [7, 11) is 0. The molecule has 0 amide bonds. The summed E-state index contributed by atoms with van der Waals surface area (Å²) in [6.07, 6.45) is 15.2. The summed E-state index contributed by atoms with van der Waals surface area (Å²) in [6, 6.07) is 0. The normalized spacial score (nSPS) is 22.9. The van der Waals surface area contributed by atoms with Gasteiger partial charge in [0.1, 0.15) is 0 Å². The first-order valence-corrected chi connectivity index (χ1v) is 11.1. The molecule has 0 saturated heterocycles. The molecule has 0 aliphatic heterocycles. The number of hydrogen-bond acceptors (Lipinski definition) is 0. The van der Waals surface area contributed by atoms with E-state index in [1.165, 1.54) is 38.5 Å². The predicted molar refractivity (Wildman–Crippen MR) is 118 cm³/mol. The Hall–Kier alpha value is 0.940. The lowest BCUT2D eigenvalue weighted by Crippen LogP contribution is -2.25. The molecule has 1 aliphatic rings. The minimum Gasteiger partial charge on any atom is -0.0861 e. The Labute approximate surface area is 166 Å². The second kappa shape index (κ2) is 10.0. The highest BCUT2D eigenvalue weighted by atomic mass is 127. The number of alkyl halides is 2. The van der Waals surface area contributed by atoms with Crippen LogP contribution in [0.4, 0.5) is 0 Å². The molecule has 0 N–H and O–H groups in total. The zero-order valence-electron chi connectivity index (χ0n) is 15.0. The van der Waals surface area contributed by atoms with Crippen molar-refractivity contribution >= 4 is 45.2 Å². The zero-order chi connectivity index (χ0) is 16.8. The largest absolute Gasteiger partial charge is 0.0861 e. The molecule has 1 unspecified atom stereocenters. The fourth-order valence-electron chi connectivity index (χ4n) is 3.28. The summed E-state index contributed by atoms with van der Waals surface area (Å²) >= 11 is 5.41. The van der Waals surface area contributed by atoms with Crippen molar-refractivity contribution in [3.63, 3.8) is 0 Å². The van der Waals surface area contributed by atoms with Crippen LogP contribution >= 0.6 is 45.2 Å². The maximum atomic E-state index is 2.71. The standard InChI is InChI=1S/C20H34I2/c1-6-8-18(17(5)15(2)3)9-7-14-20(21,22)19-12-10-16(4)11-13-19/h7,9-10,15,17-19H,6,8,11-14H2,1-5H3/b9-7-/t17?,18-,19+/m1/s1. The van der Waals surface area contributed by atoms with Crippen molar-refractivity contribution in [3.8, 4) is 0 Å². The van der Waals surface area contributed by atoms with Crippen LogP contribution in [0.25, 0.3) is 0 Å². The van der Waals surface area contributed by atoms with Crippen molar-refractivity contribution in [2.75, 3.05) is 0 Å². The lowest BCUT2D eigenvalue weighted by atomic mass is 9.81. The minimum absolute atomic E-state index is 0.376. The van der Waals surface area contributed by atoms with Crippen molar-refractivity contribution in [2.45, 2.75) is 74.6 Å². The van der Waals surface area contributed by atoms with Crippen LogP contribution in [0.5, 0.6) is 0 Å². The van der Waals surface area contributed by atoms with Crippen LogP contribution in [0.3, 0.4) is 0 Å². The van der Waals surface area contributed by atoms with Crippen LogP contribution in [0, 0.1) is 23.7 Å². The third-order valence-electron chi connectivity index (χ3n) is 5.36. The van der Waals surface area contributed by atoms with Crippen molar-refractivity contribution < 1.29 is 0 Å². The molecule has 0 spiro atoms. The smallest absolute Gasteiger partial charge is 0.0799 e. The lowest BCUT2D eigenvalue weighted by molar-refractivity contribution is 0.308. The van der Waals surface area contributed by atoms with Crippen LogP contribution < -0.4 is 0 Å². The fourth-order valence-corrected chi connectivity index (χ4v) is 4.92. The van der Waals surface area contributed by atoms with Crippen LogP contribution in [-0.4, -0.2) is 1.43 Å². The summed E-state index contributed by atoms with van der Waals surface area (Å²) in [5, 5.41) is 0. The Bertz CT molecular complexity index is 379. The quantitative estimate of drug-likeness (QED) is 0.170. The molecule has 0 fully saturated rings. The Morgan fingerprint density at radius 1 is 1.32 bits per heavy atom. The highest BCUT2D eigenvalue weighted by Gasteiger charge is 2.32. The summed E-state index contributed by atoms with van der Waals surface area (Å²) in [5.74, 6) is 3.14. The average molecular weight is 528 g/mol. The van der Waals surface area contributed by atoms with Crippen molar-refractivity contribution in [3.05, 3.63) is 23.8 Å². The van der Waals surface area contributed by atoms with Gasteiger partial charge in [-0.05, 0) is 62.7 Å². The molecule has 0 bridgehead atoms. The van der Waals surface area contributed by atoms with Crippen molar-refractivity contribution in [2.24, 2.45) is 23.7 Å². The molecule has 0 aromatic rings. The summed E-state index contributed by atoms with van der Waals surface area (Å²) in [5.41, 5.74) is 1.59. The van der Waals surface area contributed by atoms with Gasteiger partial charge in [-0.3, -0.25) is 0 Å². The summed E-state index contributed by atoms with van der Waals surface area (Å²) < 4.78 is 0.376. The molecule has 0 heterocycles. The van der Waals surface area contributed by atoms with E-state index in [1.54, 1.807) is 5.57 Å².